The fourth-order valence-corrected chi connectivity index (χ4v) is 2.06. The molecule has 1 heterocycles. The minimum Gasteiger partial charge on any atom is -0.457 e. The van der Waals surface area contributed by atoms with Gasteiger partial charge in [0.25, 0.3) is 0 Å². The quantitative estimate of drug-likeness (QED) is 0.844. The molecular weight excluding hydrogens is 296 g/mol. The largest absolute Gasteiger partial charge is 0.457 e. The first kappa shape index (κ1) is 15.5. The van der Waals surface area contributed by atoms with Crippen molar-refractivity contribution in [2.24, 2.45) is 0 Å². The molecule has 2 aromatic rings. The van der Waals surface area contributed by atoms with Crippen molar-refractivity contribution >= 4 is 0 Å². The van der Waals surface area contributed by atoms with Crippen molar-refractivity contribution < 1.29 is 19.2 Å². The van der Waals surface area contributed by atoms with E-state index >= 15 is 0 Å². The monoisotopic (exact) mass is 312 g/mol. The third-order valence-corrected chi connectivity index (χ3v) is 3.34. The summed E-state index contributed by atoms with van der Waals surface area (Å²) < 4.78 is 5.80. The van der Waals surface area contributed by atoms with E-state index in [1.807, 2.05) is 25.1 Å². The fraction of sp³-hybridized carbons (Fsp3) is 0.235. The Balaban J connectivity index is 1.67. The number of benzene rings is 2. The van der Waals surface area contributed by atoms with Gasteiger partial charge in [-0.15, -0.1) is 0 Å². The fourth-order valence-electron chi connectivity index (χ4n) is 2.06. The Kier molecular flexibility index (Phi) is 4.86. The summed E-state index contributed by atoms with van der Waals surface area (Å²) in [6.45, 7) is 3.29. The van der Waals surface area contributed by atoms with Crippen molar-refractivity contribution in [1.29, 1.82) is 5.26 Å². The minimum absolute atomic E-state index is 0.316. The first-order valence-corrected chi connectivity index (χ1v) is 7.21. The molecule has 6 heteroatoms. The van der Waals surface area contributed by atoms with E-state index in [1.165, 1.54) is 0 Å². The molecule has 0 spiro atoms. The Morgan fingerprint density at radius 3 is 2.48 bits per heavy atom. The number of nitrogens with zero attached hydrogens (tertiary/aromatic N) is 2. The van der Waals surface area contributed by atoms with Crippen LogP contribution in [0.3, 0.4) is 0 Å². The van der Waals surface area contributed by atoms with Gasteiger partial charge >= 0.3 is 0 Å². The van der Waals surface area contributed by atoms with Crippen molar-refractivity contribution in [2.75, 3.05) is 13.2 Å². The van der Waals surface area contributed by atoms with Gasteiger partial charge in [0.2, 0.25) is 0 Å². The van der Waals surface area contributed by atoms with Crippen LogP contribution in [0.2, 0.25) is 0 Å². The molecule has 1 aliphatic rings. The standard InChI is InChI=1S/C17H16N2O4/c1-13-2-5-17(23-16-6-3-14(11-18)4-7-16)10-15(13)12-22-19-20-8-9-21-19/h2-7,10H,8-9,12H2,1H3. The van der Waals surface area contributed by atoms with E-state index in [-0.39, 0.29) is 0 Å². The molecule has 0 radical (unpaired) electrons. The van der Waals surface area contributed by atoms with E-state index in [0.717, 1.165) is 16.5 Å². The minimum atomic E-state index is 0.316. The molecule has 23 heavy (non-hydrogen) atoms. The molecule has 3 rings (SSSR count). The molecule has 118 valence electrons. The van der Waals surface area contributed by atoms with Gasteiger partial charge < -0.3 is 4.74 Å². The molecule has 0 unspecified atom stereocenters. The number of nitriles is 1. The highest BCUT2D eigenvalue weighted by Gasteiger charge is 2.15. The summed E-state index contributed by atoms with van der Waals surface area (Å²) in [6, 6.07) is 14.8. The van der Waals surface area contributed by atoms with Crippen molar-refractivity contribution in [3.63, 3.8) is 0 Å². The molecule has 2 aromatic carbocycles. The molecule has 0 aromatic heterocycles. The van der Waals surface area contributed by atoms with Crippen LogP contribution in [-0.4, -0.2) is 18.6 Å². The normalized spacial score (nSPS) is 14.6. The molecular formula is C17H16N2O4. The van der Waals surface area contributed by atoms with Crippen molar-refractivity contribution in [3.8, 4) is 17.6 Å². The summed E-state index contributed by atoms with van der Waals surface area (Å²) >= 11 is 0. The summed E-state index contributed by atoms with van der Waals surface area (Å²) in [5.41, 5.74) is 2.65. The van der Waals surface area contributed by atoms with Crippen molar-refractivity contribution in [2.45, 2.75) is 13.5 Å². The van der Waals surface area contributed by atoms with Crippen LogP contribution in [0.1, 0.15) is 16.7 Å². The zero-order chi connectivity index (χ0) is 16.1. The Labute approximate surface area is 134 Å². The Hall–Kier alpha value is -2.43. The number of aryl methyl sites for hydroxylation is 1. The van der Waals surface area contributed by atoms with Gasteiger partial charge in [-0.3, -0.25) is 0 Å². The lowest BCUT2D eigenvalue weighted by Gasteiger charge is -2.14. The third-order valence-electron chi connectivity index (χ3n) is 3.34. The van der Waals surface area contributed by atoms with Gasteiger partial charge in [-0.25, -0.2) is 14.5 Å². The summed E-state index contributed by atoms with van der Waals surface area (Å²) in [5.74, 6) is 1.37. The van der Waals surface area contributed by atoms with Gasteiger partial charge in [0.15, 0.2) is 0 Å². The second-order valence-corrected chi connectivity index (χ2v) is 4.99. The van der Waals surface area contributed by atoms with Crippen molar-refractivity contribution in [1.82, 2.24) is 5.39 Å². The maximum atomic E-state index is 8.80. The predicted molar refractivity (Wildman–Crippen MR) is 80.9 cm³/mol. The highest BCUT2D eigenvalue weighted by molar-refractivity contribution is 5.40. The van der Waals surface area contributed by atoms with E-state index in [2.05, 4.69) is 6.07 Å². The van der Waals surface area contributed by atoms with E-state index in [9.17, 15) is 0 Å². The zero-order valence-electron chi connectivity index (χ0n) is 12.7. The number of ether oxygens (including phenoxy) is 1. The topological polar surface area (TPSA) is 64.0 Å². The van der Waals surface area contributed by atoms with Crippen LogP contribution < -0.4 is 4.74 Å². The average Bonchev–Trinajstić information content (AvgIpc) is 3.09. The van der Waals surface area contributed by atoms with Gasteiger partial charge in [-0.05, 0) is 54.4 Å². The van der Waals surface area contributed by atoms with Gasteiger partial charge in [0, 0.05) is 0 Å². The lowest BCUT2D eigenvalue weighted by atomic mass is 10.1. The molecule has 0 saturated carbocycles. The van der Waals surface area contributed by atoms with Gasteiger partial charge in [0.05, 0.1) is 36.8 Å². The molecule has 0 atom stereocenters. The van der Waals surface area contributed by atoms with Gasteiger partial charge in [-0.1, -0.05) is 6.07 Å². The van der Waals surface area contributed by atoms with Crippen LogP contribution in [0.4, 0.5) is 0 Å². The van der Waals surface area contributed by atoms with Crippen LogP contribution in [0.5, 0.6) is 11.5 Å². The molecule has 0 aliphatic carbocycles. The van der Waals surface area contributed by atoms with Crippen LogP contribution in [0.25, 0.3) is 0 Å². The molecule has 1 fully saturated rings. The first-order chi connectivity index (χ1) is 11.2. The summed E-state index contributed by atoms with van der Waals surface area (Å²) in [5, 5.41) is 9.84. The zero-order valence-corrected chi connectivity index (χ0v) is 12.7. The van der Waals surface area contributed by atoms with Gasteiger partial charge in [-0.2, -0.15) is 5.26 Å². The van der Waals surface area contributed by atoms with Crippen LogP contribution in [-0.2, 0) is 21.1 Å². The number of rotatable bonds is 5. The van der Waals surface area contributed by atoms with Crippen LogP contribution >= 0.6 is 0 Å². The molecule has 6 nitrogen and oxygen atoms in total. The third kappa shape index (κ3) is 4.06. The second kappa shape index (κ2) is 7.22. The lowest BCUT2D eigenvalue weighted by molar-refractivity contribution is -0.487. The Morgan fingerprint density at radius 1 is 1.09 bits per heavy atom. The van der Waals surface area contributed by atoms with E-state index in [0.29, 0.717) is 36.9 Å². The first-order valence-electron chi connectivity index (χ1n) is 7.21. The highest BCUT2D eigenvalue weighted by atomic mass is 17.2. The van der Waals surface area contributed by atoms with Crippen LogP contribution in [0, 0.1) is 18.3 Å². The predicted octanol–water partition coefficient (Wildman–Crippen LogP) is 3.27. The SMILES string of the molecule is Cc1ccc(Oc2ccc(C#N)cc2)cc1CON1OCCO1. The molecule has 0 bridgehead atoms. The summed E-state index contributed by atoms with van der Waals surface area (Å²) in [6.07, 6.45) is 0. The average molecular weight is 312 g/mol. The number of hydrogen-bond acceptors (Lipinski definition) is 6. The Morgan fingerprint density at radius 2 is 1.78 bits per heavy atom. The maximum absolute atomic E-state index is 8.80. The highest BCUT2D eigenvalue weighted by Crippen LogP contribution is 2.25. The molecule has 1 saturated heterocycles. The molecule has 0 amide bonds. The van der Waals surface area contributed by atoms with E-state index in [4.69, 9.17) is 24.5 Å². The summed E-state index contributed by atoms with van der Waals surface area (Å²) in [7, 11) is 0. The number of hydrogen-bond donors (Lipinski definition) is 0. The summed E-state index contributed by atoms with van der Waals surface area (Å²) in [4.78, 5) is 15.6. The van der Waals surface area contributed by atoms with Crippen molar-refractivity contribution in [3.05, 3.63) is 59.2 Å². The molecule has 0 N–H and O–H groups in total. The van der Waals surface area contributed by atoms with Crippen LogP contribution in [0.15, 0.2) is 42.5 Å². The smallest absolute Gasteiger partial charge is 0.127 e. The maximum Gasteiger partial charge on any atom is 0.127 e. The Bertz CT molecular complexity index is 704. The van der Waals surface area contributed by atoms with Gasteiger partial charge in [0.1, 0.15) is 11.5 Å². The second-order valence-electron chi connectivity index (χ2n) is 4.99. The lowest BCUT2D eigenvalue weighted by Crippen LogP contribution is -2.17. The van der Waals surface area contributed by atoms with E-state index < -0.39 is 0 Å². The van der Waals surface area contributed by atoms with E-state index in [1.54, 1.807) is 24.3 Å². The molecule has 1 aliphatic heterocycles.